The summed E-state index contributed by atoms with van der Waals surface area (Å²) in [5, 5.41) is 9.48. The molecule has 0 radical (unpaired) electrons. The fraction of sp³-hybridized carbons (Fsp3) is 0.452. The number of fused-ring (bicyclic) bond motifs is 1. The van der Waals surface area contributed by atoms with Gasteiger partial charge in [0, 0.05) is 55.3 Å². The highest BCUT2D eigenvalue weighted by molar-refractivity contribution is 7.69. The van der Waals surface area contributed by atoms with Gasteiger partial charge in [-0.3, -0.25) is 23.9 Å². The Bertz CT molecular complexity index is 2090. The fourth-order valence-electron chi connectivity index (χ4n) is 6.49. The number of carbonyl (C=O) groups excluding carboxylic acids is 1. The first-order chi connectivity index (χ1) is 23.6. The van der Waals surface area contributed by atoms with Crippen molar-refractivity contribution in [1.82, 2.24) is 9.47 Å². The van der Waals surface area contributed by atoms with Gasteiger partial charge in [-0.1, -0.05) is 18.4 Å². The SMILES string of the molecule is COc1c(N2CCN(C(=O)CC(C)(C)c3cc([P+](=O)CP(=O)(O)O)ccc3OP(=O)(O)O)C(C)C2)c(F)cc2c(=O)c(C(=O)O)cn(C3CC3)c12. The van der Waals surface area contributed by atoms with Crippen molar-refractivity contribution in [3.05, 3.63) is 57.6 Å². The zero-order chi connectivity index (χ0) is 37.8. The van der Waals surface area contributed by atoms with Crippen LogP contribution in [-0.2, 0) is 23.9 Å². The number of piperazine rings is 1. The Labute approximate surface area is 292 Å². The molecule has 2 fully saturated rings. The van der Waals surface area contributed by atoms with E-state index in [0.29, 0.717) is 0 Å². The molecule has 3 aromatic rings. The van der Waals surface area contributed by atoms with Crippen LogP contribution in [0.5, 0.6) is 11.5 Å². The van der Waals surface area contributed by atoms with E-state index in [1.54, 1.807) is 35.1 Å². The third kappa shape index (κ3) is 8.36. The maximum absolute atomic E-state index is 15.9. The first kappa shape index (κ1) is 38.5. The number of hydrogen-bond donors (Lipinski definition) is 5. The van der Waals surface area contributed by atoms with Gasteiger partial charge in [-0.05, 0) is 44.0 Å². The van der Waals surface area contributed by atoms with E-state index < -0.39 is 63.4 Å². The lowest BCUT2D eigenvalue weighted by atomic mass is 9.80. The van der Waals surface area contributed by atoms with Gasteiger partial charge in [0.05, 0.1) is 18.0 Å². The van der Waals surface area contributed by atoms with Crippen LogP contribution in [-0.4, -0.2) is 84.7 Å². The van der Waals surface area contributed by atoms with Crippen molar-refractivity contribution in [2.24, 2.45) is 0 Å². The molecule has 20 heteroatoms. The van der Waals surface area contributed by atoms with Crippen LogP contribution in [0.15, 0.2) is 35.3 Å². The highest BCUT2D eigenvalue weighted by Crippen LogP contribution is 2.48. The van der Waals surface area contributed by atoms with Crippen molar-refractivity contribution >= 4 is 57.0 Å². The molecule has 51 heavy (non-hydrogen) atoms. The second-order valence-corrected chi connectivity index (χ2v) is 18.2. The van der Waals surface area contributed by atoms with Gasteiger partial charge in [0.1, 0.15) is 17.0 Å². The van der Waals surface area contributed by atoms with E-state index in [2.05, 4.69) is 0 Å². The molecule has 2 heterocycles. The van der Waals surface area contributed by atoms with E-state index in [-0.39, 0.29) is 77.0 Å². The second kappa shape index (κ2) is 14.0. The number of benzene rings is 2. The summed E-state index contributed by atoms with van der Waals surface area (Å²) in [6.45, 7) is 5.33. The molecular formula is C31H38FN3O13P3+. The number of carboxylic acid groups (broad SMARTS) is 1. The highest BCUT2D eigenvalue weighted by atomic mass is 31.2. The molecule has 1 saturated heterocycles. The van der Waals surface area contributed by atoms with E-state index in [4.69, 9.17) is 9.26 Å². The minimum Gasteiger partial charge on any atom is -0.492 e. The molecule has 2 atom stereocenters. The van der Waals surface area contributed by atoms with Gasteiger partial charge in [-0.15, -0.1) is 0 Å². The van der Waals surface area contributed by atoms with Crippen molar-refractivity contribution in [2.45, 2.75) is 57.5 Å². The van der Waals surface area contributed by atoms with Crippen LogP contribution >= 0.6 is 23.2 Å². The Morgan fingerprint density at radius 3 is 2.31 bits per heavy atom. The van der Waals surface area contributed by atoms with Gasteiger partial charge in [0.2, 0.25) is 11.3 Å². The summed E-state index contributed by atoms with van der Waals surface area (Å²) >= 11 is 0. The Morgan fingerprint density at radius 1 is 1.10 bits per heavy atom. The first-order valence-electron chi connectivity index (χ1n) is 15.7. The minimum atomic E-state index is -5.09. The molecule has 5 rings (SSSR count). The molecule has 0 spiro atoms. The molecule has 0 bridgehead atoms. The van der Waals surface area contributed by atoms with E-state index >= 15 is 4.39 Å². The number of hydrogen-bond acceptors (Lipinski definition) is 9. The summed E-state index contributed by atoms with van der Waals surface area (Å²) in [6, 6.07) is 3.98. The summed E-state index contributed by atoms with van der Waals surface area (Å²) in [6.07, 6.45) is 2.51. The molecule has 1 aliphatic heterocycles. The molecule has 1 aromatic heterocycles. The van der Waals surface area contributed by atoms with Gasteiger partial charge in [0.25, 0.3) is 5.90 Å². The molecule has 1 amide bonds. The van der Waals surface area contributed by atoms with Crippen LogP contribution < -0.4 is 24.9 Å². The first-order valence-corrected chi connectivity index (χ1v) is 20.5. The maximum Gasteiger partial charge on any atom is 0.524 e. The van der Waals surface area contributed by atoms with Crippen LogP contribution in [0.3, 0.4) is 0 Å². The van der Waals surface area contributed by atoms with Crippen LogP contribution in [0.4, 0.5) is 10.1 Å². The summed E-state index contributed by atoms with van der Waals surface area (Å²) in [4.78, 5) is 79.6. The lowest BCUT2D eigenvalue weighted by Crippen LogP contribution is -2.55. The molecule has 5 N–H and O–H groups in total. The van der Waals surface area contributed by atoms with Crippen LogP contribution in [0.1, 0.15) is 62.0 Å². The number of ether oxygens (including phenoxy) is 1. The number of aromatic carboxylic acids is 1. The van der Waals surface area contributed by atoms with Gasteiger partial charge in [0.15, 0.2) is 16.9 Å². The number of halogens is 1. The van der Waals surface area contributed by atoms with E-state index in [1.165, 1.54) is 25.4 Å². The molecule has 2 unspecified atom stereocenters. The predicted molar refractivity (Wildman–Crippen MR) is 184 cm³/mol. The Kier molecular flexibility index (Phi) is 10.6. The average Bonchev–Trinajstić information content (AvgIpc) is 3.84. The standard InChI is InChI=1S/C31H37FN3O13P3/c1-17-14-33(27-23(32)12-20-26(29(27)47-4)35(18-5-6-18)15-21(28(20)37)30(38)39)9-10-34(17)25(36)13-31(2,3)22-11-19(49(40)16-50(41,42)43)7-8-24(22)48-51(44,45)46/h7-8,11-12,15,17-18H,5-6,9-10,13-14,16H2,1-4H3,(H4-,38,39,41,42,43,44,45,46)/p+1. The summed E-state index contributed by atoms with van der Waals surface area (Å²) < 4.78 is 64.1. The topological polar surface area (TPSA) is 233 Å². The van der Waals surface area contributed by atoms with E-state index in [9.17, 15) is 52.8 Å². The summed E-state index contributed by atoms with van der Waals surface area (Å²) in [7, 11) is -11.0. The van der Waals surface area contributed by atoms with Crippen molar-refractivity contribution in [3.63, 3.8) is 0 Å². The average molecular weight is 773 g/mol. The number of amides is 1. The van der Waals surface area contributed by atoms with Crippen LogP contribution in [0.25, 0.3) is 10.9 Å². The lowest BCUT2D eigenvalue weighted by Gasteiger charge is -2.42. The molecule has 1 aliphatic carbocycles. The third-order valence-corrected chi connectivity index (χ3v) is 12.7. The quantitative estimate of drug-likeness (QED) is 0.166. The molecule has 276 valence electrons. The minimum absolute atomic E-state index is 0.0125. The maximum atomic E-state index is 15.9. The molecule has 2 aliphatic rings. The third-order valence-electron chi connectivity index (χ3n) is 8.94. The number of nitrogens with zero attached hydrogens (tertiary/aromatic N) is 3. The van der Waals surface area contributed by atoms with Gasteiger partial charge in [-0.2, -0.15) is 0 Å². The summed E-state index contributed by atoms with van der Waals surface area (Å²) in [5.41, 5.74) is -2.11. The van der Waals surface area contributed by atoms with Gasteiger partial charge in [-0.25, -0.2) is 13.8 Å². The number of phosphoric ester groups is 1. The number of pyridine rings is 1. The Balaban J connectivity index is 1.43. The normalized spacial score (nSPS) is 17.4. The summed E-state index contributed by atoms with van der Waals surface area (Å²) in [5.74, 6) is -3.80. The Morgan fingerprint density at radius 2 is 1.76 bits per heavy atom. The van der Waals surface area contributed by atoms with E-state index in [1.807, 2.05) is 0 Å². The predicted octanol–water partition coefficient (Wildman–Crippen LogP) is 3.65. The number of phosphoric acid groups is 1. The smallest absolute Gasteiger partial charge is 0.492 e. The molecule has 16 nitrogen and oxygen atoms in total. The number of carboxylic acids is 1. The molecular weight excluding hydrogens is 734 g/mol. The van der Waals surface area contributed by atoms with Gasteiger partial charge >= 0.3 is 29.2 Å². The van der Waals surface area contributed by atoms with Crippen molar-refractivity contribution in [2.75, 3.05) is 37.5 Å². The van der Waals surface area contributed by atoms with Crippen molar-refractivity contribution in [1.29, 1.82) is 0 Å². The van der Waals surface area contributed by atoms with Crippen molar-refractivity contribution < 1.29 is 61.6 Å². The number of anilines is 1. The van der Waals surface area contributed by atoms with E-state index in [0.717, 1.165) is 25.0 Å². The number of aromatic nitrogens is 1. The van der Waals surface area contributed by atoms with Crippen LogP contribution in [0, 0.1) is 5.82 Å². The second-order valence-electron chi connectivity index (χ2n) is 13.3. The van der Waals surface area contributed by atoms with Gasteiger partial charge < -0.3 is 38.5 Å². The highest BCUT2D eigenvalue weighted by Gasteiger charge is 2.39. The molecule has 2 aromatic carbocycles. The zero-order valence-corrected chi connectivity index (χ0v) is 30.7. The monoisotopic (exact) mass is 772 g/mol. The molecule has 1 saturated carbocycles. The number of methoxy groups -OCH3 is 1. The van der Waals surface area contributed by atoms with Crippen molar-refractivity contribution in [3.8, 4) is 11.5 Å². The lowest BCUT2D eigenvalue weighted by molar-refractivity contribution is -0.134. The van der Waals surface area contributed by atoms with Crippen LogP contribution in [0.2, 0.25) is 0 Å². The number of rotatable bonds is 12. The zero-order valence-electron chi connectivity index (χ0n) is 28.1. The largest absolute Gasteiger partial charge is 0.524 e. The Hall–Kier alpha value is -3.68. The fourth-order valence-corrected chi connectivity index (χ4v) is 9.41. The number of carbonyl (C=O) groups is 2.